The molecule has 1 atom stereocenters. The molecule has 1 aliphatic heterocycles. The van der Waals surface area contributed by atoms with Crippen molar-refractivity contribution in [1.82, 2.24) is 14.8 Å². The molecule has 1 aromatic heterocycles. The van der Waals surface area contributed by atoms with Crippen molar-refractivity contribution < 1.29 is 4.79 Å². The van der Waals surface area contributed by atoms with E-state index in [0.717, 1.165) is 45.6 Å². The molecule has 1 aromatic rings. The molecule has 0 aliphatic carbocycles. The standard InChI is InChI=1S/C16H26N4O/c1-14(17)3-2-4-16(21)20-11-9-19(10-12-20)13-15-5-7-18-8-6-15/h5-8,14H,2-4,9-13,17H2,1H3. The van der Waals surface area contributed by atoms with Crippen molar-refractivity contribution in [3.63, 3.8) is 0 Å². The van der Waals surface area contributed by atoms with Crippen molar-refractivity contribution >= 4 is 5.91 Å². The van der Waals surface area contributed by atoms with Crippen LogP contribution in [0.3, 0.4) is 0 Å². The van der Waals surface area contributed by atoms with Crippen molar-refractivity contribution in [2.24, 2.45) is 5.73 Å². The SMILES string of the molecule is CC(N)CCCC(=O)N1CCN(Cc2ccncc2)CC1. The van der Waals surface area contributed by atoms with E-state index in [1.807, 2.05) is 36.4 Å². The summed E-state index contributed by atoms with van der Waals surface area (Å²) in [5.74, 6) is 0.277. The van der Waals surface area contributed by atoms with Gasteiger partial charge in [0, 0.05) is 57.6 Å². The first-order valence-electron chi connectivity index (χ1n) is 7.80. The van der Waals surface area contributed by atoms with Gasteiger partial charge in [0.1, 0.15) is 0 Å². The lowest BCUT2D eigenvalue weighted by atomic mass is 10.1. The lowest BCUT2D eigenvalue weighted by Crippen LogP contribution is -2.48. The van der Waals surface area contributed by atoms with Gasteiger partial charge in [-0.3, -0.25) is 14.7 Å². The third kappa shape index (κ3) is 5.44. The quantitative estimate of drug-likeness (QED) is 0.856. The van der Waals surface area contributed by atoms with E-state index in [1.165, 1.54) is 5.56 Å². The van der Waals surface area contributed by atoms with E-state index in [4.69, 9.17) is 5.73 Å². The van der Waals surface area contributed by atoms with E-state index < -0.39 is 0 Å². The first kappa shape index (κ1) is 15.9. The summed E-state index contributed by atoms with van der Waals surface area (Å²) in [5, 5.41) is 0. The fourth-order valence-corrected chi connectivity index (χ4v) is 2.64. The molecule has 5 heteroatoms. The predicted molar refractivity (Wildman–Crippen MR) is 83.6 cm³/mol. The Kier molecular flexibility index (Phi) is 6.14. The highest BCUT2D eigenvalue weighted by Gasteiger charge is 2.20. The molecule has 5 nitrogen and oxygen atoms in total. The van der Waals surface area contributed by atoms with Crippen LogP contribution in [0.1, 0.15) is 31.7 Å². The zero-order chi connectivity index (χ0) is 15.1. The average molecular weight is 290 g/mol. The van der Waals surface area contributed by atoms with Crippen molar-refractivity contribution in [3.05, 3.63) is 30.1 Å². The summed E-state index contributed by atoms with van der Waals surface area (Å²) in [4.78, 5) is 20.5. The smallest absolute Gasteiger partial charge is 0.222 e. The van der Waals surface area contributed by atoms with Crippen LogP contribution >= 0.6 is 0 Å². The van der Waals surface area contributed by atoms with Crippen molar-refractivity contribution in [1.29, 1.82) is 0 Å². The van der Waals surface area contributed by atoms with Gasteiger partial charge in [-0.05, 0) is 37.5 Å². The molecule has 0 bridgehead atoms. The largest absolute Gasteiger partial charge is 0.340 e. The number of piperazine rings is 1. The Morgan fingerprint density at radius 3 is 2.57 bits per heavy atom. The van der Waals surface area contributed by atoms with Gasteiger partial charge < -0.3 is 10.6 Å². The van der Waals surface area contributed by atoms with Gasteiger partial charge in [0.2, 0.25) is 5.91 Å². The molecule has 0 spiro atoms. The summed E-state index contributed by atoms with van der Waals surface area (Å²) < 4.78 is 0. The maximum absolute atomic E-state index is 12.1. The molecule has 116 valence electrons. The van der Waals surface area contributed by atoms with Gasteiger partial charge in [0.25, 0.3) is 0 Å². The molecule has 2 heterocycles. The summed E-state index contributed by atoms with van der Waals surface area (Å²) >= 11 is 0. The highest BCUT2D eigenvalue weighted by Crippen LogP contribution is 2.10. The lowest BCUT2D eigenvalue weighted by molar-refractivity contribution is -0.133. The molecule has 1 fully saturated rings. The van der Waals surface area contributed by atoms with E-state index in [1.54, 1.807) is 0 Å². The summed E-state index contributed by atoms with van der Waals surface area (Å²) in [7, 11) is 0. The van der Waals surface area contributed by atoms with Gasteiger partial charge in [-0.2, -0.15) is 0 Å². The minimum atomic E-state index is 0.190. The molecule has 0 radical (unpaired) electrons. The second-order valence-electron chi connectivity index (χ2n) is 5.88. The van der Waals surface area contributed by atoms with Gasteiger partial charge >= 0.3 is 0 Å². The van der Waals surface area contributed by atoms with Gasteiger partial charge in [-0.1, -0.05) is 0 Å². The fourth-order valence-electron chi connectivity index (χ4n) is 2.64. The maximum atomic E-state index is 12.1. The number of pyridine rings is 1. The van der Waals surface area contributed by atoms with Crippen LogP contribution in [0.2, 0.25) is 0 Å². The molecule has 0 saturated carbocycles. The fraction of sp³-hybridized carbons (Fsp3) is 0.625. The number of carbonyl (C=O) groups excluding carboxylic acids is 1. The Morgan fingerprint density at radius 2 is 1.95 bits per heavy atom. The maximum Gasteiger partial charge on any atom is 0.222 e. The molecule has 1 aliphatic rings. The first-order chi connectivity index (χ1) is 10.1. The van der Waals surface area contributed by atoms with Crippen LogP contribution in [-0.4, -0.2) is 52.9 Å². The number of amides is 1. The highest BCUT2D eigenvalue weighted by molar-refractivity contribution is 5.76. The first-order valence-corrected chi connectivity index (χ1v) is 7.80. The van der Waals surface area contributed by atoms with Crippen LogP contribution in [0.5, 0.6) is 0 Å². The summed E-state index contributed by atoms with van der Waals surface area (Å²) in [6.45, 7) is 6.49. The van der Waals surface area contributed by atoms with E-state index in [9.17, 15) is 4.79 Å². The molecular formula is C16H26N4O. The summed E-state index contributed by atoms with van der Waals surface area (Å²) in [5.41, 5.74) is 6.99. The van der Waals surface area contributed by atoms with E-state index in [0.29, 0.717) is 6.42 Å². The normalized spacial score (nSPS) is 17.7. The van der Waals surface area contributed by atoms with Crippen molar-refractivity contribution in [3.8, 4) is 0 Å². The van der Waals surface area contributed by atoms with Crippen LogP contribution in [0.25, 0.3) is 0 Å². The number of hydrogen-bond acceptors (Lipinski definition) is 4. The Balaban J connectivity index is 1.69. The second kappa shape index (κ2) is 8.10. The van der Waals surface area contributed by atoms with Gasteiger partial charge in [-0.15, -0.1) is 0 Å². The summed E-state index contributed by atoms with van der Waals surface area (Å²) in [6.07, 6.45) is 6.11. The predicted octanol–water partition coefficient (Wildman–Crippen LogP) is 1.24. The van der Waals surface area contributed by atoms with Crippen LogP contribution in [0, 0.1) is 0 Å². The minimum Gasteiger partial charge on any atom is -0.340 e. The molecule has 21 heavy (non-hydrogen) atoms. The molecular weight excluding hydrogens is 264 g/mol. The Bertz CT molecular complexity index is 427. The number of hydrogen-bond donors (Lipinski definition) is 1. The van der Waals surface area contributed by atoms with Crippen LogP contribution in [0.15, 0.2) is 24.5 Å². The summed E-state index contributed by atoms with van der Waals surface area (Å²) in [6, 6.07) is 4.28. The highest BCUT2D eigenvalue weighted by atomic mass is 16.2. The number of rotatable bonds is 6. The zero-order valence-electron chi connectivity index (χ0n) is 12.9. The van der Waals surface area contributed by atoms with Crippen LogP contribution in [-0.2, 0) is 11.3 Å². The molecule has 1 saturated heterocycles. The van der Waals surface area contributed by atoms with E-state index >= 15 is 0 Å². The number of aromatic nitrogens is 1. The average Bonchev–Trinajstić information content (AvgIpc) is 2.48. The van der Waals surface area contributed by atoms with Gasteiger partial charge in [-0.25, -0.2) is 0 Å². The third-order valence-electron chi connectivity index (χ3n) is 3.93. The molecule has 1 amide bonds. The Morgan fingerprint density at radius 1 is 1.29 bits per heavy atom. The van der Waals surface area contributed by atoms with E-state index in [-0.39, 0.29) is 11.9 Å². The third-order valence-corrected chi connectivity index (χ3v) is 3.93. The minimum absolute atomic E-state index is 0.190. The topological polar surface area (TPSA) is 62.5 Å². The molecule has 0 aromatic carbocycles. The Hall–Kier alpha value is -1.46. The zero-order valence-corrected chi connectivity index (χ0v) is 12.9. The molecule has 2 N–H and O–H groups in total. The number of carbonyl (C=O) groups is 1. The lowest BCUT2D eigenvalue weighted by Gasteiger charge is -2.34. The van der Waals surface area contributed by atoms with Gasteiger partial charge in [0.05, 0.1) is 0 Å². The van der Waals surface area contributed by atoms with Crippen LogP contribution in [0.4, 0.5) is 0 Å². The molecule has 2 rings (SSSR count). The van der Waals surface area contributed by atoms with Crippen molar-refractivity contribution in [2.45, 2.75) is 38.8 Å². The second-order valence-corrected chi connectivity index (χ2v) is 5.88. The van der Waals surface area contributed by atoms with Crippen LogP contribution < -0.4 is 5.73 Å². The Labute approximate surface area is 127 Å². The van der Waals surface area contributed by atoms with Crippen molar-refractivity contribution in [2.75, 3.05) is 26.2 Å². The van der Waals surface area contributed by atoms with Gasteiger partial charge in [0.15, 0.2) is 0 Å². The number of nitrogens with zero attached hydrogens (tertiary/aromatic N) is 3. The monoisotopic (exact) mass is 290 g/mol. The van der Waals surface area contributed by atoms with E-state index in [2.05, 4.69) is 9.88 Å². The number of nitrogens with two attached hydrogens (primary N) is 1. The molecule has 1 unspecified atom stereocenters.